The molecule has 1 aromatic carbocycles. The first-order valence-corrected chi connectivity index (χ1v) is 12.9. The molecular weight excluding hydrogens is 751 g/mol. The smallest absolute Gasteiger partial charge is 0.358 e. The first kappa shape index (κ1) is 39.5. The number of hydrogen-bond acceptors (Lipinski definition) is 11. The van der Waals surface area contributed by atoms with Gasteiger partial charge in [0.05, 0.1) is 15.9 Å². The van der Waals surface area contributed by atoms with Crippen LogP contribution >= 0.6 is 0 Å². The number of nitrogens with zero attached hydrogens (tertiary/aromatic N) is 5. The molecule has 0 atom stereocenters. The van der Waals surface area contributed by atoms with Gasteiger partial charge in [0.1, 0.15) is 0 Å². The summed E-state index contributed by atoms with van der Waals surface area (Å²) in [6, 6.07) is 4.01. The van der Waals surface area contributed by atoms with Gasteiger partial charge in [-0.1, -0.05) is 37.5 Å². The van der Waals surface area contributed by atoms with Crippen molar-refractivity contribution in [3.63, 3.8) is 0 Å². The van der Waals surface area contributed by atoms with Gasteiger partial charge in [0.15, 0.2) is 16.3 Å². The Hall–Kier alpha value is -4.66. The van der Waals surface area contributed by atoms with Crippen LogP contribution in [-0.2, 0) is 30.2 Å². The zero-order valence-corrected chi connectivity index (χ0v) is 25.8. The number of non-ortho nitro benzene ring substituents is 1. The number of aliphatic imine (C=N–C) groups is 2. The van der Waals surface area contributed by atoms with Crippen LogP contribution in [0.1, 0.15) is 37.2 Å². The standard InChI is InChI=1S/C12H7N3O9S.2C7H11N.Ir/c16-12(17)11-9(2-1-5-13-11)24-25(22,23)10-4-3-7(14(18)19)6-8(10)15(20)21;2*1-3-5-6-7-8-4-2;/h1-6H,(H,16,17);2*3-5,7H,2,6H2,1H3;/b;2*5-3-,8-7?;. The average Bonchev–Trinajstić information content (AvgIpc) is 2.94. The molecule has 16 heteroatoms. The second kappa shape index (κ2) is 22.1. The first-order chi connectivity index (χ1) is 19.5. The van der Waals surface area contributed by atoms with Gasteiger partial charge < -0.3 is 9.29 Å². The van der Waals surface area contributed by atoms with E-state index in [1.807, 2.05) is 50.6 Å². The van der Waals surface area contributed by atoms with Crippen LogP contribution in [0, 0.1) is 20.2 Å². The SMILES string of the molecule is C=CN=CC/C=C\C.C=CN=CC/C=C\C.O=C(O)c1ncccc1OS(=O)(=O)c1ccc([N+](=O)[O-])cc1[N+](=O)[O-].[Ir]. The molecule has 42 heavy (non-hydrogen) atoms. The molecule has 2 rings (SSSR count). The molecule has 1 heterocycles. The summed E-state index contributed by atoms with van der Waals surface area (Å²) in [7, 11) is -4.86. The van der Waals surface area contributed by atoms with Crippen molar-refractivity contribution < 1.29 is 52.5 Å². The molecule has 2 aromatic rings. The van der Waals surface area contributed by atoms with Gasteiger partial charge in [-0.25, -0.2) is 9.78 Å². The summed E-state index contributed by atoms with van der Waals surface area (Å²) < 4.78 is 29.2. The molecule has 0 amide bonds. The van der Waals surface area contributed by atoms with Crippen molar-refractivity contribution in [2.45, 2.75) is 31.6 Å². The number of pyridine rings is 1. The summed E-state index contributed by atoms with van der Waals surface area (Å²) >= 11 is 0. The first-order valence-electron chi connectivity index (χ1n) is 11.5. The number of rotatable bonds is 12. The van der Waals surface area contributed by atoms with E-state index in [0.717, 1.165) is 31.2 Å². The van der Waals surface area contributed by atoms with Crippen molar-refractivity contribution in [3.05, 3.63) is 112 Å². The van der Waals surface area contributed by atoms with Crippen molar-refractivity contribution in [3.8, 4) is 5.75 Å². The Bertz CT molecular complexity index is 1410. The topological polar surface area (TPSA) is 205 Å². The molecule has 0 bridgehead atoms. The quantitative estimate of drug-likeness (QED) is 0.0915. The van der Waals surface area contributed by atoms with E-state index in [1.54, 1.807) is 0 Å². The Balaban J connectivity index is 0. The third-order valence-corrected chi connectivity index (χ3v) is 5.45. The monoisotopic (exact) mass is 780 g/mol. The summed E-state index contributed by atoms with van der Waals surface area (Å²) in [6.45, 7) is 10.8. The number of allylic oxidation sites excluding steroid dienone is 4. The van der Waals surface area contributed by atoms with Gasteiger partial charge in [0, 0.05) is 70.0 Å². The third kappa shape index (κ3) is 15.2. The second-order valence-electron chi connectivity index (χ2n) is 7.00. The van der Waals surface area contributed by atoms with E-state index in [4.69, 9.17) is 5.11 Å². The zero-order valence-electron chi connectivity index (χ0n) is 22.6. The Morgan fingerprint density at radius 2 is 1.57 bits per heavy atom. The predicted octanol–water partition coefficient (Wildman–Crippen LogP) is 5.70. The number of nitro groups is 2. The summed E-state index contributed by atoms with van der Waals surface area (Å²) in [5.74, 6) is -2.24. The number of nitro benzene ring substituents is 2. The van der Waals surface area contributed by atoms with Crippen molar-refractivity contribution in [1.82, 2.24) is 4.98 Å². The molecule has 0 aliphatic heterocycles. The fourth-order valence-corrected chi connectivity index (χ4v) is 3.50. The molecule has 1 aromatic heterocycles. The van der Waals surface area contributed by atoms with Crippen LogP contribution < -0.4 is 4.18 Å². The fourth-order valence-electron chi connectivity index (χ4n) is 2.42. The third-order valence-electron chi connectivity index (χ3n) is 4.17. The van der Waals surface area contributed by atoms with Crippen molar-refractivity contribution >= 4 is 39.9 Å². The molecular formula is C26H29IrN5O9S. The molecule has 0 spiro atoms. The predicted molar refractivity (Wildman–Crippen MR) is 155 cm³/mol. The van der Waals surface area contributed by atoms with Gasteiger partial charge in [-0.2, -0.15) is 8.42 Å². The van der Waals surface area contributed by atoms with Crippen molar-refractivity contribution in [2.75, 3.05) is 0 Å². The maximum atomic E-state index is 12.3. The van der Waals surface area contributed by atoms with Gasteiger partial charge in [-0.15, -0.1) is 0 Å². The molecule has 0 saturated carbocycles. The minimum atomic E-state index is -4.86. The van der Waals surface area contributed by atoms with E-state index in [0.29, 0.717) is 12.1 Å². The average molecular weight is 780 g/mol. The Kier molecular flexibility index (Phi) is 20.8. The largest absolute Gasteiger partial charge is 0.476 e. The van der Waals surface area contributed by atoms with Crippen LogP contribution in [-0.4, -0.2) is 46.8 Å². The number of carboxylic acid groups (broad SMARTS) is 1. The van der Waals surface area contributed by atoms with E-state index in [2.05, 4.69) is 32.3 Å². The number of carbonyl (C=O) groups is 1. The van der Waals surface area contributed by atoms with Gasteiger partial charge in [0.2, 0.25) is 0 Å². The molecule has 0 unspecified atom stereocenters. The number of aromatic carboxylic acids is 1. The van der Waals surface area contributed by atoms with Crippen LogP contribution in [0.3, 0.4) is 0 Å². The number of hydrogen-bond donors (Lipinski definition) is 1. The summed E-state index contributed by atoms with van der Waals surface area (Å²) in [5.41, 5.74) is -2.51. The molecule has 227 valence electrons. The summed E-state index contributed by atoms with van der Waals surface area (Å²) in [4.78, 5) is 40.7. The Morgan fingerprint density at radius 3 is 2.00 bits per heavy atom. The van der Waals surface area contributed by atoms with Crippen LogP contribution in [0.15, 0.2) is 101 Å². The van der Waals surface area contributed by atoms with Crippen LogP contribution in [0.4, 0.5) is 11.4 Å². The van der Waals surface area contributed by atoms with Gasteiger partial charge in [-0.3, -0.25) is 30.2 Å². The molecule has 0 aliphatic carbocycles. The Morgan fingerprint density at radius 1 is 1.02 bits per heavy atom. The molecule has 0 saturated heterocycles. The summed E-state index contributed by atoms with van der Waals surface area (Å²) in [5, 5.41) is 30.7. The van der Waals surface area contributed by atoms with E-state index < -0.39 is 53.6 Å². The maximum Gasteiger partial charge on any atom is 0.358 e. The van der Waals surface area contributed by atoms with Gasteiger partial charge in [0.25, 0.3) is 11.4 Å². The number of aromatic nitrogens is 1. The van der Waals surface area contributed by atoms with Crippen LogP contribution in [0.5, 0.6) is 5.75 Å². The zero-order chi connectivity index (χ0) is 31.3. The molecule has 14 nitrogen and oxygen atoms in total. The Labute approximate surface area is 256 Å². The summed E-state index contributed by atoms with van der Waals surface area (Å²) in [6.07, 6.45) is 17.6. The van der Waals surface area contributed by atoms with E-state index in [-0.39, 0.29) is 20.1 Å². The molecule has 0 fully saturated rings. The fraction of sp³-hybridized carbons (Fsp3) is 0.154. The van der Waals surface area contributed by atoms with E-state index in [1.165, 1.54) is 18.5 Å². The minimum Gasteiger partial charge on any atom is -0.476 e. The van der Waals surface area contributed by atoms with Crippen molar-refractivity contribution in [1.29, 1.82) is 0 Å². The van der Waals surface area contributed by atoms with E-state index in [9.17, 15) is 33.4 Å². The second-order valence-corrected chi connectivity index (χ2v) is 8.51. The van der Waals surface area contributed by atoms with E-state index >= 15 is 0 Å². The number of carboxylic acids is 1. The minimum absolute atomic E-state index is 0. The van der Waals surface area contributed by atoms with Gasteiger partial charge in [-0.05, 0) is 32.0 Å². The van der Waals surface area contributed by atoms with Crippen LogP contribution in [0.25, 0.3) is 0 Å². The molecule has 1 radical (unpaired) electrons. The maximum absolute atomic E-state index is 12.3. The number of benzene rings is 1. The van der Waals surface area contributed by atoms with Gasteiger partial charge >= 0.3 is 16.1 Å². The molecule has 0 aliphatic rings. The molecule has 1 N–H and O–H groups in total. The normalized spacial score (nSPS) is 10.7. The van der Waals surface area contributed by atoms with Crippen molar-refractivity contribution in [2.24, 2.45) is 9.98 Å². The van der Waals surface area contributed by atoms with Crippen LogP contribution in [0.2, 0.25) is 0 Å².